The fourth-order valence-electron chi connectivity index (χ4n) is 1.53. The van der Waals surface area contributed by atoms with Crippen molar-refractivity contribution in [3.8, 4) is 0 Å². The summed E-state index contributed by atoms with van der Waals surface area (Å²) in [6.45, 7) is 3.49. The van der Waals surface area contributed by atoms with Crippen molar-refractivity contribution >= 4 is 9.84 Å². The van der Waals surface area contributed by atoms with E-state index in [0.717, 1.165) is 5.57 Å². The fraction of sp³-hybridized carbons (Fsp3) is 0.556. The molecule has 0 aromatic carbocycles. The molecule has 0 bridgehead atoms. The lowest BCUT2D eigenvalue weighted by atomic mass is 10.1. The Kier molecular flexibility index (Phi) is 2.93. The van der Waals surface area contributed by atoms with Crippen molar-refractivity contribution in [3.63, 3.8) is 0 Å². The molecule has 0 aromatic rings. The van der Waals surface area contributed by atoms with E-state index in [0.29, 0.717) is 0 Å². The highest BCUT2D eigenvalue weighted by Gasteiger charge is 2.35. The molecule has 1 N–H and O–H groups in total. The van der Waals surface area contributed by atoms with Crippen LogP contribution in [0.4, 0.5) is 0 Å². The van der Waals surface area contributed by atoms with Gasteiger partial charge >= 0.3 is 0 Å². The Balaban J connectivity index is 2.95. The Morgan fingerprint density at radius 3 is 2.69 bits per heavy atom. The summed E-state index contributed by atoms with van der Waals surface area (Å²) in [7, 11) is -3.15. The van der Waals surface area contributed by atoms with Crippen LogP contribution in [0.2, 0.25) is 0 Å². The quantitative estimate of drug-likeness (QED) is 0.669. The molecule has 3 nitrogen and oxygen atoms in total. The van der Waals surface area contributed by atoms with E-state index in [1.165, 1.54) is 6.08 Å². The lowest BCUT2D eigenvalue weighted by Crippen LogP contribution is -2.31. The van der Waals surface area contributed by atoms with Crippen molar-refractivity contribution in [1.29, 1.82) is 0 Å². The zero-order valence-corrected chi connectivity index (χ0v) is 8.58. The van der Waals surface area contributed by atoms with Crippen LogP contribution in [-0.2, 0) is 9.84 Å². The van der Waals surface area contributed by atoms with Gasteiger partial charge in [-0.05, 0) is 13.8 Å². The van der Waals surface area contributed by atoms with Crippen LogP contribution in [0.3, 0.4) is 0 Å². The number of rotatable bonds is 2. The zero-order valence-electron chi connectivity index (χ0n) is 7.77. The van der Waals surface area contributed by atoms with Gasteiger partial charge in [0.2, 0.25) is 0 Å². The van der Waals surface area contributed by atoms with Crippen LogP contribution in [0.5, 0.6) is 0 Å². The third-order valence-electron chi connectivity index (χ3n) is 2.17. The molecule has 4 heteroatoms. The van der Waals surface area contributed by atoms with Crippen LogP contribution in [0.1, 0.15) is 13.8 Å². The molecule has 0 amide bonds. The predicted octanol–water partition coefficient (Wildman–Crippen LogP) is 0.667. The molecular weight excluding hydrogens is 188 g/mol. The third-order valence-corrected chi connectivity index (χ3v) is 4.23. The molecule has 1 heterocycles. The Bertz CT molecular complexity index is 338. The summed E-state index contributed by atoms with van der Waals surface area (Å²) >= 11 is 0. The van der Waals surface area contributed by atoms with Crippen LogP contribution in [-0.4, -0.2) is 30.6 Å². The predicted molar refractivity (Wildman–Crippen MR) is 52.2 cm³/mol. The average Bonchev–Trinajstić information content (AvgIpc) is 2.26. The van der Waals surface area contributed by atoms with E-state index in [1.54, 1.807) is 26.0 Å². The van der Waals surface area contributed by atoms with Crippen molar-refractivity contribution in [2.45, 2.75) is 25.2 Å². The first-order valence-electron chi connectivity index (χ1n) is 4.18. The monoisotopic (exact) mass is 202 g/mol. The van der Waals surface area contributed by atoms with E-state index in [-0.39, 0.29) is 5.75 Å². The Morgan fingerprint density at radius 1 is 1.69 bits per heavy atom. The molecule has 0 saturated carbocycles. The zero-order chi connectivity index (χ0) is 10.1. The molecule has 2 unspecified atom stereocenters. The second kappa shape index (κ2) is 3.64. The van der Waals surface area contributed by atoms with Crippen molar-refractivity contribution < 1.29 is 13.5 Å². The smallest absolute Gasteiger partial charge is 0.163 e. The lowest BCUT2D eigenvalue weighted by molar-refractivity contribution is 0.226. The molecule has 0 aliphatic carbocycles. The summed E-state index contributed by atoms with van der Waals surface area (Å²) in [5, 5.41) is 8.82. The molecule has 0 spiro atoms. The molecule has 1 aliphatic heterocycles. The molecule has 13 heavy (non-hydrogen) atoms. The Hall–Kier alpha value is -0.610. The molecule has 1 rings (SSSR count). The van der Waals surface area contributed by atoms with Crippen LogP contribution in [0.15, 0.2) is 23.8 Å². The summed E-state index contributed by atoms with van der Waals surface area (Å²) in [6, 6.07) is 0. The van der Waals surface area contributed by atoms with Crippen LogP contribution >= 0.6 is 0 Å². The van der Waals surface area contributed by atoms with E-state index in [4.69, 9.17) is 0 Å². The molecule has 0 radical (unpaired) electrons. The summed E-state index contributed by atoms with van der Waals surface area (Å²) in [5.41, 5.74) is 0.741. The van der Waals surface area contributed by atoms with Gasteiger partial charge in [0.05, 0.1) is 11.9 Å². The summed E-state index contributed by atoms with van der Waals surface area (Å²) in [5.74, 6) is 0.0537. The van der Waals surface area contributed by atoms with Crippen LogP contribution < -0.4 is 0 Å². The highest BCUT2D eigenvalue weighted by molar-refractivity contribution is 7.92. The number of hydrogen-bond donors (Lipinski definition) is 1. The number of allylic oxidation sites excluding steroid dienone is 1. The summed E-state index contributed by atoms with van der Waals surface area (Å²) in [4.78, 5) is 0. The molecule has 1 aliphatic rings. The van der Waals surface area contributed by atoms with Crippen molar-refractivity contribution in [3.05, 3.63) is 23.8 Å². The average molecular weight is 202 g/mol. The van der Waals surface area contributed by atoms with E-state index in [1.807, 2.05) is 0 Å². The molecular formula is C9H14O3S. The van der Waals surface area contributed by atoms with Gasteiger partial charge in [0.1, 0.15) is 5.25 Å². The van der Waals surface area contributed by atoms with Gasteiger partial charge in [-0.3, -0.25) is 0 Å². The fourth-order valence-corrected chi connectivity index (χ4v) is 3.41. The molecule has 2 atom stereocenters. The minimum absolute atomic E-state index is 0.0537. The second-order valence-corrected chi connectivity index (χ2v) is 5.38. The molecule has 0 aromatic heterocycles. The summed E-state index contributed by atoms with van der Waals surface area (Å²) in [6.07, 6.45) is 3.91. The maximum absolute atomic E-state index is 11.4. The van der Waals surface area contributed by atoms with Crippen LogP contribution in [0, 0.1) is 0 Å². The number of hydrogen-bond acceptors (Lipinski definition) is 3. The van der Waals surface area contributed by atoms with Gasteiger partial charge in [0.15, 0.2) is 9.84 Å². The molecule has 74 valence electrons. The van der Waals surface area contributed by atoms with Gasteiger partial charge in [-0.1, -0.05) is 23.8 Å². The maximum Gasteiger partial charge on any atom is 0.163 e. The van der Waals surface area contributed by atoms with Gasteiger partial charge in [-0.25, -0.2) is 8.42 Å². The van der Waals surface area contributed by atoms with Gasteiger partial charge in [0, 0.05) is 0 Å². The minimum Gasteiger partial charge on any atom is -0.387 e. The lowest BCUT2D eigenvalue weighted by Gasteiger charge is -2.15. The molecule has 0 fully saturated rings. The van der Waals surface area contributed by atoms with Crippen LogP contribution in [0.25, 0.3) is 0 Å². The Labute approximate surface area is 78.7 Å². The number of sulfone groups is 1. The first kappa shape index (κ1) is 10.5. The van der Waals surface area contributed by atoms with E-state index in [2.05, 4.69) is 0 Å². The maximum atomic E-state index is 11.4. The normalized spacial score (nSPS) is 29.2. The van der Waals surface area contributed by atoms with E-state index < -0.39 is 21.2 Å². The van der Waals surface area contributed by atoms with Crippen molar-refractivity contribution in [2.75, 3.05) is 5.75 Å². The number of aliphatic hydroxyl groups excluding tert-OH is 1. The van der Waals surface area contributed by atoms with Gasteiger partial charge in [-0.15, -0.1) is 0 Å². The Morgan fingerprint density at radius 2 is 2.31 bits per heavy atom. The largest absolute Gasteiger partial charge is 0.387 e. The standard InChI is InChI=1S/C9H14O3S/c1-3-4-8(10)9-7(2)5-6-13(9,11)12/h3-5,8-10H,6H2,1-2H3/b4-3+. The number of aliphatic hydroxyl groups is 1. The van der Waals surface area contributed by atoms with Gasteiger partial charge < -0.3 is 5.11 Å². The second-order valence-electron chi connectivity index (χ2n) is 3.21. The van der Waals surface area contributed by atoms with E-state index in [9.17, 15) is 13.5 Å². The minimum atomic E-state index is -3.15. The first-order valence-corrected chi connectivity index (χ1v) is 5.89. The van der Waals surface area contributed by atoms with Gasteiger partial charge in [-0.2, -0.15) is 0 Å². The highest BCUT2D eigenvalue weighted by Crippen LogP contribution is 2.24. The first-order chi connectivity index (χ1) is 5.99. The van der Waals surface area contributed by atoms with Gasteiger partial charge in [0.25, 0.3) is 0 Å². The highest BCUT2D eigenvalue weighted by atomic mass is 32.2. The SMILES string of the molecule is C/C=C/C(O)C1C(C)=CCS1(=O)=O. The summed E-state index contributed by atoms with van der Waals surface area (Å²) < 4.78 is 22.9. The molecule has 0 saturated heterocycles. The third kappa shape index (κ3) is 2.00. The topological polar surface area (TPSA) is 54.4 Å². The van der Waals surface area contributed by atoms with Crippen molar-refractivity contribution in [1.82, 2.24) is 0 Å². The van der Waals surface area contributed by atoms with E-state index >= 15 is 0 Å². The van der Waals surface area contributed by atoms with Crippen molar-refractivity contribution in [2.24, 2.45) is 0 Å².